The van der Waals surface area contributed by atoms with E-state index >= 15 is 0 Å². The molecule has 0 bridgehead atoms. The lowest BCUT2D eigenvalue weighted by molar-refractivity contribution is -0.178. The van der Waals surface area contributed by atoms with E-state index in [0.717, 1.165) is 0 Å². The summed E-state index contributed by atoms with van der Waals surface area (Å²) in [6.45, 7) is 19.9. The highest BCUT2D eigenvalue weighted by molar-refractivity contribution is 6.74. The van der Waals surface area contributed by atoms with Gasteiger partial charge in [0.05, 0.1) is 19.3 Å². The molecule has 0 unspecified atom stereocenters. The van der Waals surface area contributed by atoms with Crippen LogP contribution >= 0.6 is 0 Å². The van der Waals surface area contributed by atoms with Crippen LogP contribution in [0.5, 0.6) is 0 Å². The number of hydrogen-bond acceptors (Lipinski definition) is 8. The molecule has 8 nitrogen and oxygen atoms in total. The van der Waals surface area contributed by atoms with Gasteiger partial charge in [-0.2, -0.15) is 0 Å². The highest BCUT2D eigenvalue weighted by atomic mass is 28.4. The van der Waals surface area contributed by atoms with Crippen LogP contribution in [0.4, 0.5) is 0 Å². The summed E-state index contributed by atoms with van der Waals surface area (Å²) in [5.41, 5.74) is 0. The minimum Gasteiger partial charge on any atom is -0.539 e. The molecule has 0 aromatic carbocycles. The van der Waals surface area contributed by atoms with Crippen molar-refractivity contribution in [3.8, 4) is 0 Å². The minimum absolute atomic E-state index is 0.0844. The van der Waals surface area contributed by atoms with Gasteiger partial charge < -0.3 is 33.2 Å². The van der Waals surface area contributed by atoms with E-state index in [9.17, 15) is 9.90 Å². The van der Waals surface area contributed by atoms with Crippen LogP contribution in [-0.2, 0) is 32.9 Å². The van der Waals surface area contributed by atoms with Crippen molar-refractivity contribution < 1.29 is 38.0 Å². The van der Waals surface area contributed by atoms with Crippen molar-refractivity contribution in [3.05, 3.63) is 11.8 Å². The Morgan fingerprint density at radius 3 is 2.28 bits per heavy atom. The van der Waals surface area contributed by atoms with E-state index in [1.54, 1.807) is 40.7 Å². The van der Waals surface area contributed by atoms with Gasteiger partial charge in [-0.15, -0.1) is 0 Å². The van der Waals surface area contributed by atoms with E-state index in [1.165, 1.54) is 0 Å². The first-order valence-electron chi connectivity index (χ1n) is 11.4. The molecule has 1 N–H and O–H groups in total. The molecule has 0 spiro atoms. The second-order valence-electron chi connectivity index (χ2n) is 10.9. The molecule has 2 aliphatic rings. The zero-order valence-corrected chi connectivity index (χ0v) is 22.3. The molecule has 2 fully saturated rings. The van der Waals surface area contributed by atoms with Crippen molar-refractivity contribution in [2.24, 2.45) is 0 Å². The van der Waals surface area contributed by atoms with Gasteiger partial charge in [-0.05, 0) is 65.2 Å². The largest absolute Gasteiger partial charge is 0.539 e. The molecule has 186 valence electrons. The number of aliphatic hydroxyl groups excluding tert-OH is 1. The van der Waals surface area contributed by atoms with Crippen molar-refractivity contribution in [1.29, 1.82) is 0 Å². The molecule has 0 amide bonds. The summed E-state index contributed by atoms with van der Waals surface area (Å²) in [7, 11) is -2.27. The molecular weight excluding hydrogens is 432 g/mol. The van der Waals surface area contributed by atoms with E-state index in [1.807, 2.05) is 0 Å². The lowest BCUT2D eigenvalue weighted by atomic mass is 10.0. The Hall–Kier alpha value is -0.973. The average molecular weight is 475 g/mol. The maximum atomic E-state index is 12.6. The summed E-state index contributed by atoms with van der Waals surface area (Å²) >= 11 is 0. The fraction of sp³-hybridized carbons (Fsp3) is 0.870. The molecule has 2 saturated heterocycles. The molecule has 4 atom stereocenters. The van der Waals surface area contributed by atoms with Gasteiger partial charge in [0, 0.05) is 0 Å². The maximum Gasteiger partial charge on any atom is 0.371 e. The van der Waals surface area contributed by atoms with Crippen LogP contribution in [0.1, 0.15) is 61.8 Å². The van der Waals surface area contributed by atoms with Gasteiger partial charge in [0.2, 0.25) is 0 Å². The van der Waals surface area contributed by atoms with Gasteiger partial charge >= 0.3 is 5.97 Å². The number of ether oxygens (including phenoxy) is 5. The highest BCUT2D eigenvalue weighted by Crippen LogP contribution is 2.39. The van der Waals surface area contributed by atoms with Crippen LogP contribution in [0.2, 0.25) is 18.1 Å². The SMILES string of the molecule is CCOC(=O)/C(=C/C[C@H]1OC(C)(C)O[C@H]1[C@H](O)[C@H]1COC(C)(C)O1)O[Si](C)(C)C(C)(C)C. The Kier molecular flexibility index (Phi) is 8.28. The van der Waals surface area contributed by atoms with E-state index < -0.39 is 50.3 Å². The fourth-order valence-corrected chi connectivity index (χ4v) is 4.47. The van der Waals surface area contributed by atoms with E-state index in [2.05, 4.69) is 33.9 Å². The highest BCUT2D eigenvalue weighted by Gasteiger charge is 2.49. The first-order chi connectivity index (χ1) is 14.5. The van der Waals surface area contributed by atoms with Gasteiger partial charge in [0.1, 0.15) is 18.3 Å². The monoisotopic (exact) mass is 474 g/mol. The van der Waals surface area contributed by atoms with Gasteiger partial charge in [-0.25, -0.2) is 4.79 Å². The summed E-state index contributed by atoms with van der Waals surface area (Å²) in [4.78, 5) is 12.6. The third-order valence-corrected chi connectivity index (χ3v) is 10.5. The number of aliphatic hydroxyl groups is 1. The number of rotatable bonds is 8. The van der Waals surface area contributed by atoms with Gasteiger partial charge in [0.15, 0.2) is 17.3 Å². The second kappa shape index (κ2) is 9.72. The van der Waals surface area contributed by atoms with Crippen LogP contribution in [0, 0.1) is 0 Å². The van der Waals surface area contributed by atoms with E-state index in [-0.39, 0.29) is 24.0 Å². The average Bonchev–Trinajstić information content (AvgIpc) is 3.15. The third kappa shape index (κ3) is 6.77. The Morgan fingerprint density at radius 2 is 1.78 bits per heavy atom. The molecule has 0 aliphatic carbocycles. The molecule has 32 heavy (non-hydrogen) atoms. The summed E-state index contributed by atoms with van der Waals surface area (Å²) in [5, 5.41) is 10.9. The van der Waals surface area contributed by atoms with Crippen molar-refractivity contribution in [2.75, 3.05) is 13.2 Å². The molecule has 9 heteroatoms. The van der Waals surface area contributed by atoms with Crippen LogP contribution < -0.4 is 0 Å². The lowest BCUT2D eigenvalue weighted by Crippen LogP contribution is -2.45. The molecule has 0 aromatic rings. The smallest absolute Gasteiger partial charge is 0.371 e. The summed E-state index contributed by atoms with van der Waals surface area (Å²) in [5.74, 6) is -1.96. The number of carbonyl (C=O) groups excluding carboxylic acids is 1. The molecular formula is C23H42O8Si. The van der Waals surface area contributed by atoms with Crippen molar-refractivity contribution in [2.45, 2.75) is 116 Å². The molecule has 0 saturated carbocycles. The topological polar surface area (TPSA) is 92.7 Å². The zero-order valence-electron chi connectivity index (χ0n) is 21.3. The standard InChI is InChI=1S/C23H42O8Si/c1-11-26-20(25)16(31-32(9,10)21(2,3)4)13-12-15-19(30-23(7,8)28-15)18(24)17-14-27-22(5,6)29-17/h13,15,17-19,24H,11-12,14H2,1-10H3/b16-13-/t15-,17-,18-,19-/m1/s1. The maximum absolute atomic E-state index is 12.6. The van der Waals surface area contributed by atoms with Crippen LogP contribution in [0.15, 0.2) is 11.8 Å². The van der Waals surface area contributed by atoms with E-state index in [4.69, 9.17) is 28.1 Å². The lowest BCUT2D eigenvalue weighted by Gasteiger charge is -2.36. The van der Waals surface area contributed by atoms with Gasteiger partial charge in [-0.3, -0.25) is 0 Å². The first-order valence-corrected chi connectivity index (χ1v) is 14.3. The molecule has 2 rings (SSSR count). The Bertz CT molecular complexity index is 695. The summed E-state index contributed by atoms with van der Waals surface area (Å²) < 4.78 is 35.0. The van der Waals surface area contributed by atoms with E-state index in [0.29, 0.717) is 6.42 Å². The van der Waals surface area contributed by atoms with Crippen LogP contribution in [0.3, 0.4) is 0 Å². The van der Waals surface area contributed by atoms with Crippen molar-refractivity contribution in [3.63, 3.8) is 0 Å². The molecule has 0 radical (unpaired) electrons. The number of carbonyl (C=O) groups is 1. The first kappa shape index (κ1) is 27.3. The summed E-state index contributed by atoms with van der Waals surface area (Å²) in [6.07, 6.45) is -0.634. The Balaban J connectivity index is 2.22. The van der Waals surface area contributed by atoms with Crippen molar-refractivity contribution >= 4 is 14.3 Å². The number of hydrogen-bond donors (Lipinski definition) is 1. The van der Waals surface area contributed by atoms with Crippen LogP contribution in [-0.4, -0.2) is 68.6 Å². The summed E-state index contributed by atoms with van der Waals surface area (Å²) in [6, 6.07) is 0. The molecule has 0 aromatic heterocycles. The second-order valence-corrected chi connectivity index (χ2v) is 15.6. The van der Waals surface area contributed by atoms with Crippen LogP contribution in [0.25, 0.3) is 0 Å². The zero-order chi connectivity index (χ0) is 24.5. The third-order valence-electron chi connectivity index (χ3n) is 6.15. The Labute approximate surface area is 193 Å². The normalized spacial score (nSPS) is 29.1. The number of esters is 1. The van der Waals surface area contributed by atoms with Crippen molar-refractivity contribution in [1.82, 2.24) is 0 Å². The minimum atomic E-state index is -2.27. The quantitative estimate of drug-likeness (QED) is 0.245. The van der Waals surface area contributed by atoms with Gasteiger partial charge in [0.25, 0.3) is 8.32 Å². The molecule has 2 heterocycles. The van der Waals surface area contributed by atoms with Gasteiger partial charge in [-0.1, -0.05) is 20.8 Å². The molecule has 2 aliphatic heterocycles. The predicted octanol–water partition coefficient (Wildman–Crippen LogP) is 3.88. The fourth-order valence-electron chi connectivity index (χ4n) is 3.45. The predicted molar refractivity (Wildman–Crippen MR) is 122 cm³/mol. The Morgan fingerprint density at radius 1 is 1.16 bits per heavy atom.